The van der Waals surface area contributed by atoms with Crippen LogP contribution in [0.3, 0.4) is 0 Å². The van der Waals surface area contributed by atoms with Gasteiger partial charge in [-0.2, -0.15) is 0 Å². The van der Waals surface area contributed by atoms with Gasteiger partial charge in [-0.3, -0.25) is 0 Å². The fourth-order valence-corrected chi connectivity index (χ4v) is 10.3. The lowest BCUT2D eigenvalue weighted by atomic mass is 9.68. The summed E-state index contributed by atoms with van der Waals surface area (Å²) < 4.78 is 0. The molecule has 2 aliphatic carbocycles. The molecule has 1 nitrogen and oxygen atoms in total. The minimum atomic E-state index is -0.513. The number of nitrogens with zero attached hydrogens (tertiary/aromatic N) is 1. The fraction of sp³-hybridized carbons (Fsp3) is 0.0526. The molecular formula is C57H41N. The molecular weight excluding hydrogens is 699 g/mol. The Hall–Kier alpha value is -7.22. The zero-order valence-electron chi connectivity index (χ0n) is 32.4. The molecule has 2 aliphatic rings. The molecule has 0 amide bonds. The lowest BCUT2D eigenvalue weighted by Gasteiger charge is -2.35. The van der Waals surface area contributed by atoms with Crippen molar-refractivity contribution in [3.63, 3.8) is 0 Å². The SMILES string of the molecule is CC1(c2ccccc2)c2ccccc2-c2ccc(N(c3ccccc3-c3ccccc3)c3cccc4c3-c3ccccc3C4(c3ccccc3)c3ccccc3)cc21. The quantitative estimate of drug-likeness (QED) is 0.157. The largest absolute Gasteiger partial charge is 0.309 e. The number of hydrogen-bond donors (Lipinski definition) is 0. The molecule has 0 spiro atoms. The minimum Gasteiger partial charge on any atom is -0.309 e. The third-order valence-electron chi connectivity index (χ3n) is 12.8. The molecule has 0 heterocycles. The number of fused-ring (bicyclic) bond motifs is 6. The highest BCUT2D eigenvalue weighted by Crippen LogP contribution is 2.60. The van der Waals surface area contributed by atoms with Gasteiger partial charge in [0.05, 0.1) is 16.8 Å². The summed E-state index contributed by atoms with van der Waals surface area (Å²) in [6.45, 7) is 2.41. The van der Waals surface area contributed by atoms with E-state index in [1.54, 1.807) is 0 Å². The molecule has 11 rings (SSSR count). The van der Waals surface area contributed by atoms with Gasteiger partial charge in [0.25, 0.3) is 0 Å². The van der Waals surface area contributed by atoms with Crippen LogP contribution in [0, 0.1) is 0 Å². The van der Waals surface area contributed by atoms with E-state index >= 15 is 0 Å². The Bertz CT molecular complexity index is 2910. The van der Waals surface area contributed by atoms with Crippen molar-refractivity contribution >= 4 is 17.1 Å². The highest BCUT2D eigenvalue weighted by molar-refractivity contribution is 6.00. The van der Waals surface area contributed by atoms with Crippen LogP contribution in [-0.4, -0.2) is 0 Å². The highest BCUT2D eigenvalue weighted by atomic mass is 15.1. The molecule has 0 fully saturated rings. The summed E-state index contributed by atoms with van der Waals surface area (Å²) in [5.41, 5.74) is 19.1. The Morgan fingerprint density at radius 2 is 0.810 bits per heavy atom. The van der Waals surface area contributed by atoms with E-state index in [1.165, 1.54) is 72.3 Å². The van der Waals surface area contributed by atoms with Gasteiger partial charge in [-0.1, -0.05) is 206 Å². The predicted molar refractivity (Wildman–Crippen MR) is 241 cm³/mol. The average molecular weight is 740 g/mol. The molecule has 0 saturated heterocycles. The van der Waals surface area contributed by atoms with Gasteiger partial charge in [0.1, 0.15) is 0 Å². The maximum atomic E-state index is 2.54. The van der Waals surface area contributed by atoms with Gasteiger partial charge >= 0.3 is 0 Å². The molecule has 0 radical (unpaired) electrons. The van der Waals surface area contributed by atoms with Crippen LogP contribution in [0.2, 0.25) is 0 Å². The van der Waals surface area contributed by atoms with E-state index in [0.29, 0.717) is 0 Å². The Morgan fingerprint density at radius 1 is 0.328 bits per heavy atom. The van der Waals surface area contributed by atoms with E-state index in [1.807, 2.05) is 0 Å². The number of benzene rings is 9. The molecule has 0 aromatic heterocycles. The molecule has 9 aromatic carbocycles. The smallest absolute Gasteiger partial charge is 0.0714 e. The number of anilines is 3. The first-order chi connectivity index (χ1) is 28.7. The van der Waals surface area contributed by atoms with Gasteiger partial charge in [0, 0.05) is 22.2 Å². The van der Waals surface area contributed by atoms with Crippen LogP contribution in [0.4, 0.5) is 17.1 Å². The van der Waals surface area contributed by atoms with Crippen LogP contribution < -0.4 is 4.90 Å². The number of rotatable bonds is 7. The summed E-state index contributed by atoms with van der Waals surface area (Å²) in [5.74, 6) is 0. The summed E-state index contributed by atoms with van der Waals surface area (Å²) in [5, 5.41) is 0. The molecule has 1 heteroatoms. The monoisotopic (exact) mass is 739 g/mol. The molecule has 0 saturated carbocycles. The van der Waals surface area contributed by atoms with E-state index in [2.05, 4.69) is 242 Å². The molecule has 1 atom stereocenters. The summed E-state index contributed by atoms with van der Waals surface area (Å²) in [7, 11) is 0. The van der Waals surface area contributed by atoms with Crippen LogP contribution in [0.1, 0.15) is 45.9 Å². The lowest BCUT2D eigenvalue weighted by molar-refractivity contribution is 0.714. The summed E-state index contributed by atoms with van der Waals surface area (Å²) >= 11 is 0. The van der Waals surface area contributed by atoms with Crippen molar-refractivity contribution in [2.45, 2.75) is 17.8 Å². The Morgan fingerprint density at radius 3 is 1.48 bits per heavy atom. The van der Waals surface area contributed by atoms with Gasteiger partial charge in [-0.25, -0.2) is 0 Å². The van der Waals surface area contributed by atoms with Gasteiger partial charge in [0.2, 0.25) is 0 Å². The second kappa shape index (κ2) is 13.5. The van der Waals surface area contributed by atoms with Gasteiger partial charge in [-0.05, 0) is 92.4 Å². The summed E-state index contributed by atoms with van der Waals surface area (Å²) in [6.07, 6.45) is 0. The molecule has 274 valence electrons. The van der Waals surface area contributed by atoms with Gasteiger partial charge < -0.3 is 4.90 Å². The first-order valence-corrected chi connectivity index (χ1v) is 20.3. The zero-order valence-corrected chi connectivity index (χ0v) is 32.4. The van der Waals surface area contributed by atoms with Crippen molar-refractivity contribution in [1.82, 2.24) is 0 Å². The predicted octanol–water partition coefficient (Wildman–Crippen LogP) is 14.5. The maximum absolute atomic E-state index is 2.54. The highest BCUT2D eigenvalue weighted by Gasteiger charge is 2.48. The van der Waals surface area contributed by atoms with E-state index < -0.39 is 5.41 Å². The van der Waals surface area contributed by atoms with Crippen molar-refractivity contribution in [3.8, 4) is 33.4 Å². The van der Waals surface area contributed by atoms with Crippen molar-refractivity contribution in [2.75, 3.05) is 4.90 Å². The Balaban J connectivity index is 1.23. The van der Waals surface area contributed by atoms with Crippen LogP contribution in [0.15, 0.2) is 231 Å². The molecule has 9 aromatic rings. The third-order valence-corrected chi connectivity index (χ3v) is 12.8. The van der Waals surface area contributed by atoms with Crippen molar-refractivity contribution in [2.24, 2.45) is 0 Å². The number of para-hydroxylation sites is 1. The zero-order chi connectivity index (χ0) is 38.7. The van der Waals surface area contributed by atoms with Crippen LogP contribution in [0.5, 0.6) is 0 Å². The molecule has 58 heavy (non-hydrogen) atoms. The topological polar surface area (TPSA) is 3.24 Å². The molecule has 1 unspecified atom stereocenters. The van der Waals surface area contributed by atoms with E-state index in [0.717, 1.165) is 17.1 Å². The Labute approximate surface area is 341 Å². The number of hydrogen-bond acceptors (Lipinski definition) is 1. The van der Waals surface area contributed by atoms with Crippen molar-refractivity contribution in [3.05, 3.63) is 269 Å². The van der Waals surface area contributed by atoms with Gasteiger partial charge in [0.15, 0.2) is 0 Å². The summed E-state index contributed by atoms with van der Waals surface area (Å²) in [6, 6.07) is 85.1. The van der Waals surface area contributed by atoms with Crippen molar-refractivity contribution in [1.29, 1.82) is 0 Å². The minimum absolute atomic E-state index is 0.338. The van der Waals surface area contributed by atoms with Gasteiger partial charge in [-0.15, -0.1) is 0 Å². The maximum Gasteiger partial charge on any atom is 0.0714 e. The van der Waals surface area contributed by atoms with Crippen LogP contribution in [-0.2, 0) is 10.8 Å². The average Bonchev–Trinajstić information content (AvgIpc) is 3.75. The van der Waals surface area contributed by atoms with Crippen molar-refractivity contribution < 1.29 is 0 Å². The molecule has 0 bridgehead atoms. The van der Waals surface area contributed by atoms with Crippen LogP contribution in [0.25, 0.3) is 33.4 Å². The lowest BCUT2D eigenvalue weighted by Crippen LogP contribution is -2.28. The van der Waals surface area contributed by atoms with E-state index in [9.17, 15) is 0 Å². The standard InChI is InChI=1S/C57H41N/c1-56(41-23-8-3-9-24-41)49-32-17-14-30-46(49)47-38-37-44(39-52(47)56)58(53-35-19-16-29-45(53)40-21-6-2-7-22-40)54-36-20-34-51-55(54)48-31-15-18-33-50(48)57(51,42-25-10-4-11-26-42)43-27-12-5-13-28-43/h2-39H,1H3. The normalized spacial score (nSPS) is 15.5. The molecule has 0 N–H and O–H groups in total. The second-order valence-electron chi connectivity index (χ2n) is 15.7. The van der Waals surface area contributed by atoms with E-state index in [4.69, 9.17) is 0 Å². The first kappa shape index (κ1) is 34.1. The first-order valence-electron chi connectivity index (χ1n) is 20.3. The second-order valence-corrected chi connectivity index (χ2v) is 15.7. The van der Waals surface area contributed by atoms with E-state index in [-0.39, 0.29) is 5.41 Å². The van der Waals surface area contributed by atoms with Crippen LogP contribution >= 0.6 is 0 Å². The third kappa shape index (κ3) is 4.90. The summed E-state index contributed by atoms with van der Waals surface area (Å²) in [4.78, 5) is 2.54. The molecule has 0 aliphatic heterocycles. The fourth-order valence-electron chi connectivity index (χ4n) is 10.3. The Kier molecular flexibility index (Phi) is 7.91.